The number of hydrogen-bond acceptors (Lipinski definition) is 16. The summed E-state index contributed by atoms with van der Waals surface area (Å²) in [6.07, 6.45) is 5.17. The van der Waals surface area contributed by atoms with E-state index in [1.807, 2.05) is 185 Å². The molecule has 0 atom stereocenters. The Morgan fingerprint density at radius 1 is 0.348 bits per heavy atom. The fraction of sp³-hybridized carbons (Fsp3) is 0.125. The van der Waals surface area contributed by atoms with Gasteiger partial charge in [-0.25, -0.2) is 40.7 Å². The van der Waals surface area contributed by atoms with Crippen LogP contribution in [0.2, 0.25) is 0 Å². The molecule has 0 saturated carbocycles. The molecule has 20 nitrogen and oxygen atoms in total. The first kappa shape index (κ1) is 65.9. The van der Waals surface area contributed by atoms with E-state index in [0.29, 0.717) is 62.9 Å². The summed E-state index contributed by atoms with van der Waals surface area (Å²) >= 11 is 1.14. The van der Waals surface area contributed by atoms with Crippen LogP contribution in [0.1, 0.15) is 22.3 Å². The first-order chi connectivity index (χ1) is 42.0. The molecule has 13 rings (SSSR count). The Kier molecular flexibility index (Phi) is 21.7. The second kappa shape index (κ2) is 29.3. The molecule has 0 saturated heterocycles. The number of nitrogens with zero attached hydrogens (tertiary/aromatic N) is 8. The number of aryl methyl sites for hydroxylation is 4. The molecule has 8 aromatic carbocycles. The summed E-state index contributed by atoms with van der Waals surface area (Å²) in [5.74, 6) is 2.21. The quantitative estimate of drug-likeness (QED) is 0.0326. The molecular formula is C64H60CuN12O8S4. The molecule has 0 unspecified atom stereocenters. The van der Waals surface area contributed by atoms with Crippen LogP contribution in [0, 0.1) is 27.7 Å². The number of aromatic nitrogens is 8. The van der Waals surface area contributed by atoms with Crippen LogP contribution >= 0.6 is 12.0 Å². The topological polar surface area (TPSA) is 275 Å². The number of sulfonamides is 3. The Morgan fingerprint density at radius 2 is 0.584 bits per heavy atom. The Bertz CT molecular complexity index is 4310. The van der Waals surface area contributed by atoms with Crippen LogP contribution in [-0.2, 0) is 56.5 Å². The van der Waals surface area contributed by atoms with Gasteiger partial charge in [0.2, 0.25) is 30.1 Å². The van der Waals surface area contributed by atoms with Gasteiger partial charge < -0.3 is 29.9 Å². The number of hydrogen-bond donors (Lipinski definition) is 4. The van der Waals surface area contributed by atoms with Crippen LogP contribution in [-0.4, -0.2) is 80.2 Å². The molecule has 0 spiro atoms. The van der Waals surface area contributed by atoms with Gasteiger partial charge in [-0.05, 0) is 97.8 Å². The van der Waals surface area contributed by atoms with E-state index in [2.05, 4.69) is 29.0 Å². The van der Waals surface area contributed by atoms with Crippen LogP contribution in [0.4, 0.5) is 22.7 Å². The summed E-state index contributed by atoms with van der Waals surface area (Å²) in [7, 11) is -9.42. The van der Waals surface area contributed by atoms with Crippen molar-refractivity contribution in [1.82, 2.24) is 39.9 Å². The predicted octanol–water partition coefficient (Wildman–Crippen LogP) is 12.8. The molecule has 2 aliphatic heterocycles. The maximum Gasteiger partial charge on any atom is 2.00 e. The molecule has 0 fully saturated rings. The molecule has 2 aliphatic rings. The maximum absolute atomic E-state index is 10.8. The van der Waals surface area contributed by atoms with Crippen molar-refractivity contribution in [3.05, 3.63) is 216 Å². The normalized spacial score (nSPS) is 11.2. The van der Waals surface area contributed by atoms with Crippen molar-refractivity contribution < 1.29 is 51.6 Å². The summed E-state index contributed by atoms with van der Waals surface area (Å²) in [4.78, 5) is 43.9. The average molecular weight is 1320 g/mol. The molecule has 11 aromatic rings. The first-order valence-electron chi connectivity index (χ1n) is 27.0. The SMILES string of the molecule is CSOONc1ccc(C)cc1.Cc1ccc(NS(C)(=O)=O)cc1.Cc1ccc(NS(C)(=O)=O)cc1.Cc1ccc(NS(C)(=O)=O)cc1.[Cu+2].c1ccc2c(c1)-c1nc-2nc2[n-]c(nc3nc(nc4[n-]c(n1)c1ccccc41)-c1ccccc1-3)c1ccccc21. The molecule has 0 amide bonds. The summed E-state index contributed by atoms with van der Waals surface area (Å²) in [5, 5.41) is 3.57. The van der Waals surface area contributed by atoms with Gasteiger partial charge in [0.25, 0.3) is 0 Å². The van der Waals surface area contributed by atoms with E-state index < -0.39 is 30.1 Å². The predicted molar refractivity (Wildman–Crippen MR) is 353 cm³/mol. The van der Waals surface area contributed by atoms with Gasteiger partial charge >= 0.3 is 17.1 Å². The third-order valence-corrected chi connectivity index (χ3v) is 14.7. The second-order valence-electron chi connectivity index (χ2n) is 20.2. The molecule has 5 heterocycles. The van der Waals surface area contributed by atoms with E-state index in [4.69, 9.17) is 39.9 Å². The second-order valence-corrected chi connectivity index (χ2v) is 25.9. The van der Waals surface area contributed by atoms with E-state index in [0.717, 1.165) is 97.0 Å². The van der Waals surface area contributed by atoms with Crippen LogP contribution < -0.4 is 29.6 Å². The van der Waals surface area contributed by atoms with Crippen molar-refractivity contribution in [1.29, 1.82) is 0 Å². The fourth-order valence-electron chi connectivity index (χ4n) is 8.69. The van der Waals surface area contributed by atoms with Crippen molar-refractivity contribution in [2.24, 2.45) is 0 Å². The van der Waals surface area contributed by atoms with Gasteiger partial charge in [0.05, 0.1) is 47.8 Å². The Hall–Kier alpha value is -9.04. The van der Waals surface area contributed by atoms with E-state index >= 15 is 0 Å². The van der Waals surface area contributed by atoms with E-state index in [1.165, 1.54) is 5.56 Å². The van der Waals surface area contributed by atoms with Crippen LogP contribution in [0.5, 0.6) is 0 Å². The van der Waals surface area contributed by atoms with Crippen LogP contribution in [0.3, 0.4) is 0 Å². The van der Waals surface area contributed by atoms with Crippen molar-refractivity contribution >= 4 is 109 Å². The monoisotopic (exact) mass is 1320 g/mol. The van der Waals surface area contributed by atoms with E-state index in [1.54, 1.807) is 42.7 Å². The minimum Gasteiger partial charge on any atom is -0.357 e. The zero-order chi connectivity index (χ0) is 62.6. The zero-order valence-electron chi connectivity index (χ0n) is 49.3. The largest absolute Gasteiger partial charge is 2.00 e. The summed E-state index contributed by atoms with van der Waals surface area (Å²) in [6, 6.07) is 61.2. The van der Waals surface area contributed by atoms with Crippen molar-refractivity contribution in [2.45, 2.75) is 27.7 Å². The van der Waals surface area contributed by atoms with Crippen LogP contribution in [0.15, 0.2) is 194 Å². The zero-order valence-corrected chi connectivity index (χ0v) is 53.5. The van der Waals surface area contributed by atoms with Gasteiger partial charge in [-0.3, -0.25) is 14.2 Å². The first-order valence-corrected chi connectivity index (χ1v) is 33.8. The number of fused-ring (bicyclic) bond motifs is 20. The smallest absolute Gasteiger partial charge is 0.357 e. The Balaban J connectivity index is 0.000000171. The minimum absolute atomic E-state index is 0. The molecule has 89 heavy (non-hydrogen) atoms. The third kappa shape index (κ3) is 18.5. The molecule has 4 N–H and O–H groups in total. The number of benzene rings is 8. The van der Waals surface area contributed by atoms with Gasteiger partial charge in [-0.1, -0.05) is 168 Å². The van der Waals surface area contributed by atoms with Gasteiger partial charge in [-0.2, -0.15) is 0 Å². The minimum atomic E-state index is -3.14. The molecule has 25 heteroatoms. The molecule has 3 aromatic heterocycles. The van der Waals surface area contributed by atoms with Gasteiger partial charge in [0.15, 0.2) is 0 Å². The molecule has 1 radical (unpaired) electrons. The number of nitrogens with one attached hydrogen (secondary N) is 4. The molecular weight excluding hydrogens is 1260 g/mol. The van der Waals surface area contributed by atoms with Gasteiger partial charge in [0.1, 0.15) is 0 Å². The summed E-state index contributed by atoms with van der Waals surface area (Å²) in [5.41, 5.74) is 15.6. The van der Waals surface area contributed by atoms with Gasteiger partial charge in [0, 0.05) is 80.2 Å². The van der Waals surface area contributed by atoms with E-state index in [9.17, 15) is 25.3 Å². The van der Waals surface area contributed by atoms with Gasteiger partial charge in [-0.15, -0.1) is 9.32 Å². The van der Waals surface area contributed by atoms with Crippen molar-refractivity contribution in [3.63, 3.8) is 0 Å². The number of rotatable bonds is 10. The van der Waals surface area contributed by atoms with Crippen molar-refractivity contribution in [3.8, 4) is 45.6 Å². The molecule has 0 aliphatic carbocycles. The summed E-state index contributed by atoms with van der Waals surface area (Å²) < 4.78 is 76.4. The Labute approximate surface area is 531 Å². The Morgan fingerprint density at radius 3 is 0.820 bits per heavy atom. The molecule has 459 valence electrons. The van der Waals surface area contributed by atoms with E-state index in [-0.39, 0.29) is 17.1 Å². The van der Waals surface area contributed by atoms with Crippen molar-refractivity contribution in [2.75, 3.05) is 44.7 Å². The molecule has 8 bridgehead atoms. The summed E-state index contributed by atoms with van der Waals surface area (Å²) in [6.45, 7) is 7.88. The standard InChI is InChI=1S/C32H16N8.4C8H11NO2S.Cu/c1-2-10-18-17(9-1)25-33-26(18)38-28-21-13-5-6-14-22(21)30(35-28)40-32-24-16-8-7-15-23(24)31(36-32)39-29-20-12-4-3-11-19(20)27(34-29)37-25;3*1-7-3-5-8(6-4-7)9-12(2,10)11;1-7-3-5-8(6-4-7)9-10-11-12-2;/h1-16H;4*3-6,9H,1-2H3;/q-2;;;;;+2. The number of anilines is 4. The van der Waals surface area contributed by atoms with Crippen LogP contribution in [0.25, 0.3) is 89.7 Å². The maximum atomic E-state index is 10.8. The fourth-order valence-corrected chi connectivity index (χ4v) is 10.5. The third-order valence-electron chi connectivity index (χ3n) is 12.7. The average Bonchev–Trinajstić information content (AvgIpc) is 1.68.